The van der Waals surface area contributed by atoms with Crippen molar-refractivity contribution in [3.63, 3.8) is 0 Å². The van der Waals surface area contributed by atoms with Crippen LogP contribution >= 0.6 is 0 Å². The molecule has 23 heavy (non-hydrogen) atoms. The number of anilines is 1. The molecule has 1 unspecified atom stereocenters. The van der Waals surface area contributed by atoms with Gasteiger partial charge in [0.05, 0.1) is 12.0 Å². The van der Waals surface area contributed by atoms with Gasteiger partial charge in [0.2, 0.25) is 0 Å². The summed E-state index contributed by atoms with van der Waals surface area (Å²) in [5, 5.41) is 35.9. The van der Waals surface area contributed by atoms with Crippen LogP contribution in [0.25, 0.3) is 11.0 Å². The van der Waals surface area contributed by atoms with Crippen LogP contribution in [0.15, 0.2) is 17.6 Å². The van der Waals surface area contributed by atoms with Gasteiger partial charge in [-0.1, -0.05) is 0 Å². The Morgan fingerprint density at radius 2 is 2.09 bits per heavy atom. The molecule has 0 bridgehead atoms. The summed E-state index contributed by atoms with van der Waals surface area (Å²) in [7, 11) is 1.72. The molecular formula is C13H16N6O4. The van der Waals surface area contributed by atoms with Crippen molar-refractivity contribution < 1.29 is 20.1 Å². The Bertz CT molecular complexity index is 805. The Labute approximate surface area is 130 Å². The first-order chi connectivity index (χ1) is 11.0. The molecule has 4 atom stereocenters. The van der Waals surface area contributed by atoms with Crippen LogP contribution in [0.5, 0.6) is 0 Å². The van der Waals surface area contributed by atoms with Crippen molar-refractivity contribution in [3.05, 3.63) is 18.1 Å². The summed E-state index contributed by atoms with van der Waals surface area (Å²) in [6.45, 7) is -0.395. The van der Waals surface area contributed by atoms with E-state index in [-0.39, 0.29) is 0 Å². The molecule has 2 aliphatic rings. The lowest BCUT2D eigenvalue weighted by Crippen LogP contribution is -2.33. The number of amidine groups is 1. The maximum atomic E-state index is 10.2. The number of rotatable bonds is 2. The van der Waals surface area contributed by atoms with Crippen molar-refractivity contribution in [3.8, 4) is 0 Å². The third-order valence-electron chi connectivity index (χ3n) is 4.22. The molecule has 2 aromatic heterocycles. The summed E-state index contributed by atoms with van der Waals surface area (Å²) in [5.74, 6) is 0.884. The fourth-order valence-electron chi connectivity index (χ4n) is 3.07. The second kappa shape index (κ2) is 4.86. The smallest absolute Gasteiger partial charge is 0.164 e. The van der Waals surface area contributed by atoms with Gasteiger partial charge in [-0.25, -0.2) is 15.0 Å². The lowest BCUT2D eigenvalue weighted by Gasteiger charge is -2.19. The van der Waals surface area contributed by atoms with E-state index in [2.05, 4.69) is 15.1 Å². The fraction of sp³-hybridized carbons (Fsp3) is 0.462. The molecule has 4 heterocycles. The van der Waals surface area contributed by atoms with Gasteiger partial charge in [0.15, 0.2) is 17.9 Å². The maximum Gasteiger partial charge on any atom is 0.164 e. The van der Waals surface area contributed by atoms with Gasteiger partial charge in [0, 0.05) is 18.8 Å². The molecule has 1 fully saturated rings. The van der Waals surface area contributed by atoms with Gasteiger partial charge >= 0.3 is 0 Å². The van der Waals surface area contributed by atoms with Gasteiger partial charge in [0.1, 0.15) is 30.3 Å². The van der Waals surface area contributed by atoms with Crippen molar-refractivity contribution in [2.24, 2.45) is 10.8 Å². The largest absolute Gasteiger partial charge is 0.394 e. The van der Waals surface area contributed by atoms with E-state index in [1.54, 1.807) is 22.8 Å². The number of hydrogen-bond donors (Lipinski definition) is 4. The number of ether oxygens (including phenoxy) is 1. The van der Waals surface area contributed by atoms with E-state index in [4.69, 9.17) is 10.5 Å². The molecule has 5 N–H and O–H groups in total. The fourth-order valence-corrected chi connectivity index (χ4v) is 3.07. The topological polar surface area (TPSA) is 142 Å². The van der Waals surface area contributed by atoms with Crippen molar-refractivity contribution in [2.45, 2.75) is 24.5 Å². The Balaban J connectivity index is 1.89. The first kappa shape index (κ1) is 14.3. The summed E-state index contributed by atoms with van der Waals surface area (Å²) < 4.78 is 7.15. The van der Waals surface area contributed by atoms with Gasteiger partial charge in [-0.2, -0.15) is 5.10 Å². The van der Waals surface area contributed by atoms with Gasteiger partial charge in [0.25, 0.3) is 0 Å². The molecular weight excluding hydrogens is 304 g/mol. The van der Waals surface area contributed by atoms with Crippen LogP contribution < -0.4 is 10.7 Å². The third kappa shape index (κ3) is 1.86. The predicted molar refractivity (Wildman–Crippen MR) is 79.7 cm³/mol. The maximum absolute atomic E-state index is 10.2. The molecule has 10 nitrogen and oxygen atoms in total. The minimum absolute atomic E-state index is 0.297. The molecule has 10 heteroatoms. The van der Waals surface area contributed by atoms with E-state index in [0.717, 1.165) is 0 Å². The lowest BCUT2D eigenvalue weighted by molar-refractivity contribution is -0.0508. The molecule has 1 saturated heterocycles. The van der Waals surface area contributed by atoms with Gasteiger partial charge in [-0.05, 0) is 0 Å². The third-order valence-corrected chi connectivity index (χ3v) is 4.22. The summed E-state index contributed by atoms with van der Waals surface area (Å²) in [6.07, 6.45) is -1.10. The van der Waals surface area contributed by atoms with E-state index >= 15 is 0 Å². The second-order valence-corrected chi connectivity index (χ2v) is 5.58. The van der Waals surface area contributed by atoms with Gasteiger partial charge in [-0.15, -0.1) is 0 Å². The van der Waals surface area contributed by atoms with Gasteiger partial charge < -0.3 is 30.4 Å². The van der Waals surface area contributed by atoms with Crippen LogP contribution in [0.4, 0.5) is 5.82 Å². The number of aliphatic hydroxyl groups is 3. The number of hydrogen-bond acceptors (Lipinski definition) is 9. The average Bonchev–Trinajstić information content (AvgIpc) is 3.05. The number of aliphatic hydroxyl groups excluding tert-OH is 3. The first-order valence-electron chi connectivity index (χ1n) is 7.09. The van der Waals surface area contributed by atoms with Crippen molar-refractivity contribution >= 4 is 22.7 Å². The standard InChI is InChI=1S/C13H16N6O4/c1-18-11-7-5(10(14)17-18)2-19(12(7)16-4-15-11)13-9(22)8(21)6(3-20)23-13/h2,4,6,8-9,13,20-22H,3H2,1H3,(H2,14,17)/t6-,8-,9?,13-/m1/s1. The van der Waals surface area contributed by atoms with Crippen LogP contribution in [-0.4, -0.2) is 67.7 Å². The molecule has 0 radical (unpaired) electrons. The lowest BCUT2D eigenvalue weighted by atomic mass is 10.1. The highest BCUT2D eigenvalue weighted by molar-refractivity contribution is 6.13. The number of nitrogens with two attached hydrogens (primary N) is 1. The van der Waals surface area contributed by atoms with E-state index < -0.39 is 31.1 Å². The zero-order chi connectivity index (χ0) is 16.3. The van der Waals surface area contributed by atoms with Crippen LogP contribution in [0.2, 0.25) is 0 Å². The molecule has 4 rings (SSSR count). The van der Waals surface area contributed by atoms with E-state index in [1.165, 1.54) is 6.33 Å². The average molecular weight is 320 g/mol. The second-order valence-electron chi connectivity index (χ2n) is 5.58. The number of hydrazone groups is 1. The highest BCUT2D eigenvalue weighted by Crippen LogP contribution is 2.36. The van der Waals surface area contributed by atoms with Crippen LogP contribution in [0.1, 0.15) is 11.8 Å². The molecule has 0 spiro atoms. The summed E-state index contributed by atoms with van der Waals surface area (Å²) in [6, 6.07) is 0. The van der Waals surface area contributed by atoms with Crippen LogP contribution in [0.3, 0.4) is 0 Å². The highest BCUT2D eigenvalue weighted by atomic mass is 16.6. The molecule has 122 valence electrons. The zero-order valence-corrected chi connectivity index (χ0v) is 12.2. The molecule has 0 aliphatic carbocycles. The molecule has 2 aliphatic heterocycles. The quantitative estimate of drug-likeness (QED) is 0.503. The Kier molecular flexibility index (Phi) is 3.03. The normalized spacial score (nSPS) is 30.1. The van der Waals surface area contributed by atoms with Crippen LogP contribution in [-0.2, 0) is 4.74 Å². The predicted octanol–water partition coefficient (Wildman–Crippen LogP) is -1.89. The minimum Gasteiger partial charge on any atom is -0.394 e. The first-order valence-corrected chi connectivity index (χ1v) is 7.09. The molecule has 0 amide bonds. The number of aromatic nitrogens is 3. The van der Waals surface area contributed by atoms with Gasteiger partial charge in [-0.3, -0.25) is 0 Å². The highest BCUT2D eigenvalue weighted by Gasteiger charge is 2.44. The SMILES string of the molecule is CN1N=C(N)c2cn([C@@H]3O[C@H](CO)[C@@H](O)C3O)c3ncnc1c23. The van der Waals surface area contributed by atoms with Crippen molar-refractivity contribution in [1.82, 2.24) is 14.5 Å². The Morgan fingerprint density at radius 3 is 2.78 bits per heavy atom. The number of nitrogens with zero attached hydrogens (tertiary/aromatic N) is 5. The van der Waals surface area contributed by atoms with Crippen LogP contribution in [0, 0.1) is 0 Å². The van der Waals surface area contributed by atoms with Crippen molar-refractivity contribution in [2.75, 3.05) is 18.7 Å². The minimum atomic E-state index is -1.20. The summed E-state index contributed by atoms with van der Waals surface area (Å²) >= 11 is 0. The monoisotopic (exact) mass is 320 g/mol. The van der Waals surface area contributed by atoms with E-state index in [1.807, 2.05) is 0 Å². The summed E-state index contributed by atoms with van der Waals surface area (Å²) in [5.41, 5.74) is 7.10. The van der Waals surface area contributed by atoms with E-state index in [9.17, 15) is 15.3 Å². The Morgan fingerprint density at radius 1 is 1.30 bits per heavy atom. The molecule has 2 aromatic rings. The van der Waals surface area contributed by atoms with E-state index in [0.29, 0.717) is 28.3 Å². The molecule has 0 aromatic carbocycles. The summed E-state index contributed by atoms with van der Waals surface area (Å²) in [4.78, 5) is 8.45. The molecule has 0 saturated carbocycles. The zero-order valence-electron chi connectivity index (χ0n) is 12.2. The van der Waals surface area contributed by atoms with Crippen molar-refractivity contribution in [1.29, 1.82) is 0 Å². The Hall–Kier alpha value is -2.27.